The molecular weight excluding hydrogens is 428 g/mol. The van der Waals surface area contributed by atoms with Gasteiger partial charge in [0.25, 0.3) is 5.91 Å². The molecular formula is C28H28N2O4. The van der Waals surface area contributed by atoms with E-state index >= 15 is 0 Å². The smallest absolute Gasteiger partial charge is 0.326 e. The van der Waals surface area contributed by atoms with E-state index in [1.807, 2.05) is 72.3 Å². The summed E-state index contributed by atoms with van der Waals surface area (Å²) in [6.07, 6.45) is 7.83. The SMILES string of the molecule is Cc1ccc(C(=O)c2cccn2C/C=C/c2cccc(C(=O)N3CCCCC3C(=O)O)c2)cc1. The lowest BCUT2D eigenvalue weighted by Gasteiger charge is -2.33. The number of rotatable bonds is 7. The first-order chi connectivity index (χ1) is 16.4. The number of piperidine rings is 1. The Labute approximate surface area is 199 Å². The first-order valence-corrected chi connectivity index (χ1v) is 11.5. The Hall–Kier alpha value is -3.93. The first-order valence-electron chi connectivity index (χ1n) is 11.5. The lowest BCUT2D eigenvalue weighted by Crippen LogP contribution is -2.47. The highest BCUT2D eigenvalue weighted by molar-refractivity contribution is 6.08. The van der Waals surface area contributed by atoms with Crippen molar-refractivity contribution < 1.29 is 19.5 Å². The summed E-state index contributed by atoms with van der Waals surface area (Å²) < 4.78 is 1.89. The average molecular weight is 457 g/mol. The Morgan fingerprint density at radius 3 is 2.56 bits per heavy atom. The highest BCUT2D eigenvalue weighted by Crippen LogP contribution is 2.21. The Morgan fingerprint density at radius 1 is 1.00 bits per heavy atom. The van der Waals surface area contributed by atoms with Crippen LogP contribution in [0.5, 0.6) is 0 Å². The van der Waals surface area contributed by atoms with Crippen molar-refractivity contribution in [2.45, 2.75) is 38.8 Å². The Balaban J connectivity index is 1.46. The second kappa shape index (κ2) is 10.3. The number of aliphatic carboxylic acids is 1. The summed E-state index contributed by atoms with van der Waals surface area (Å²) in [7, 11) is 0. The maximum absolute atomic E-state index is 13.0. The number of nitrogens with zero attached hydrogens (tertiary/aromatic N) is 2. The minimum atomic E-state index is -0.952. The van der Waals surface area contributed by atoms with E-state index in [-0.39, 0.29) is 11.7 Å². The molecule has 3 aromatic rings. The van der Waals surface area contributed by atoms with E-state index in [0.29, 0.717) is 36.3 Å². The van der Waals surface area contributed by atoms with E-state index < -0.39 is 12.0 Å². The minimum absolute atomic E-state index is 0.0273. The zero-order valence-corrected chi connectivity index (χ0v) is 19.2. The van der Waals surface area contributed by atoms with Crippen LogP contribution in [-0.2, 0) is 11.3 Å². The number of benzene rings is 2. The van der Waals surface area contributed by atoms with Gasteiger partial charge in [-0.25, -0.2) is 4.79 Å². The van der Waals surface area contributed by atoms with Gasteiger partial charge in [-0.2, -0.15) is 0 Å². The van der Waals surface area contributed by atoms with E-state index in [1.165, 1.54) is 4.90 Å². The van der Waals surface area contributed by atoms with Gasteiger partial charge in [0.05, 0.1) is 5.69 Å². The van der Waals surface area contributed by atoms with E-state index in [2.05, 4.69) is 0 Å². The molecule has 0 aliphatic carbocycles. The Morgan fingerprint density at radius 2 is 1.79 bits per heavy atom. The standard InChI is InChI=1S/C28H28N2O4/c1-20-12-14-22(15-13-20)26(31)24-11-6-17-29(24)16-5-8-21-7-4-9-23(19-21)27(32)30-18-3-2-10-25(30)28(33)34/h4-9,11-15,17,19,25H,2-3,10,16,18H2,1H3,(H,33,34)/b8-5+. The number of carbonyl (C=O) groups is 3. The number of aromatic nitrogens is 1. The molecule has 6 nitrogen and oxygen atoms in total. The maximum Gasteiger partial charge on any atom is 0.326 e. The van der Waals surface area contributed by atoms with Gasteiger partial charge in [-0.15, -0.1) is 0 Å². The molecule has 1 aromatic heterocycles. The lowest BCUT2D eigenvalue weighted by atomic mass is 10.0. The van der Waals surface area contributed by atoms with Crippen molar-refractivity contribution in [2.75, 3.05) is 6.54 Å². The molecule has 1 aliphatic heterocycles. The van der Waals surface area contributed by atoms with Gasteiger partial charge in [-0.1, -0.05) is 54.1 Å². The molecule has 1 amide bonds. The molecule has 0 spiro atoms. The first kappa shape index (κ1) is 23.2. The van der Waals surface area contributed by atoms with Gasteiger partial charge < -0.3 is 14.6 Å². The number of amides is 1. The van der Waals surface area contributed by atoms with Gasteiger partial charge in [-0.05, 0) is 56.0 Å². The lowest BCUT2D eigenvalue weighted by molar-refractivity contribution is -0.143. The third-order valence-corrected chi connectivity index (χ3v) is 6.17. The van der Waals surface area contributed by atoms with Crippen LogP contribution in [0.2, 0.25) is 0 Å². The number of likely N-dealkylation sites (tertiary alicyclic amines) is 1. The summed E-state index contributed by atoms with van der Waals surface area (Å²) in [6.45, 7) is 2.95. The molecule has 2 heterocycles. The summed E-state index contributed by atoms with van der Waals surface area (Å²) in [5.41, 5.74) is 3.69. The molecule has 6 heteroatoms. The summed E-state index contributed by atoms with van der Waals surface area (Å²) in [5.74, 6) is -1.23. The molecule has 1 atom stereocenters. The fraction of sp³-hybridized carbons (Fsp3) is 0.250. The van der Waals surface area contributed by atoms with Crippen LogP contribution < -0.4 is 0 Å². The molecule has 1 unspecified atom stereocenters. The quantitative estimate of drug-likeness (QED) is 0.517. The Kier molecular flexibility index (Phi) is 7.07. The molecule has 2 aromatic carbocycles. The minimum Gasteiger partial charge on any atom is -0.480 e. The number of aryl methyl sites for hydroxylation is 1. The van der Waals surface area contributed by atoms with Crippen molar-refractivity contribution in [3.8, 4) is 0 Å². The number of ketones is 1. The normalized spacial score (nSPS) is 16.0. The summed E-state index contributed by atoms with van der Waals surface area (Å²) >= 11 is 0. The maximum atomic E-state index is 13.0. The second-order valence-corrected chi connectivity index (χ2v) is 8.62. The van der Waals surface area contributed by atoms with Crippen LogP contribution in [-0.4, -0.2) is 44.8 Å². The molecule has 0 saturated carbocycles. The molecule has 1 saturated heterocycles. The van der Waals surface area contributed by atoms with Gasteiger partial charge in [0.1, 0.15) is 6.04 Å². The highest BCUT2D eigenvalue weighted by atomic mass is 16.4. The van der Waals surface area contributed by atoms with Crippen LogP contribution in [0, 0.1) is 6.92 Å². The third kappa shape index (κ3) is 5.17. The summed E-state index contributed by atoms with van der Waals surface area (Å²) in [6, 6.07) is 17.6. The average Bonchev–Trinajstić information content (AvgIpc) is 3.32. The number of hydrogen-bond donors (Lipinski definition) is 1. The fourth-order valence-corrected chi connectivity index (χ4v) is 4.31. The van der Waals surface area contributed by atoms with Gasteiger partial charge in [0.2, 0.25) is 5.78 Å². The predicted octanol–water partition coefficient (Wildman–Crippen LogP) is 4.82. The van der Waals surface area contributed by atoms with Gasteiger partial charge in [0, 0.05) is 30.4 Å². The van der Waals surface area contributed by atoms with Crippen LogP contribution in [0.25, 0.3) is 6.08 Å². The molecule has 1 fully saturated rings. The molecule has 174 valence electrons. The number of carboxylic acid groups (broad SMARTS) is 1. The van der Waals surface area contributed by atoms with E-state index in [0.717, 1.165) is 24.0 Å². The van der Waals surface area contributed by atoms with E-state index in [1.54, 1.807) is 18.2 Å². The van der Waals surface area contributed by atoms with Crippen molar-refractivity contribution in [1.82, 2.24) is 9.47 Å². The van der Waals surface area contributed by atoms with Crippen LogP contribution in [0.15, 0.2) is 72.9 Å². The van der Waals surface area contributed by atoms with Crippen molar-refractivity contribution >= 4 is 23.7 Å². The van der Waals surface area contributed by atoms with E-state index in [9.17, 15) is 19.5 Å². The van der Waals surface area contributed by atoms with Crippen molar-refractivity contribution in [2.24, 2.45) is 0 Å². The highest BCUT2D eigenvalue weighted by Gasteiger charge is 2.32. The van der Waals surface area contributed by atoms with E-state index in [4.69, 9.17) is 0 Å². The van der Waals surface area contributed by atoms with Gasteiger partial charge in [-0.3, -0.25) is 9.59 Å². The number of allylic oxidation sites excluding steroid dienone is 1. The molecule has 0 bridgehead atoms. The zero-order valence-electron chi connectivity index (χ0n) is 19.2. The second-order valence-electron chi connectivity index (χ2n) is 8.62. The fourth-order valence-electron chi connectivity index (χ4n) is 4.31. The third-order valence-electron chi connectivity index (χ3n) is 6.17. The van der Waals surface area contributed by atoms with Crippen LogP contribution >= 0.6 is 0 Å². The van der Waals surface area contributed by atoms with Gasteiger partial charge in [0.15, 0.2) is 0 Å². The molecule has 34 heavy (non-hydrogen) atoms. The molecule has 0 radical (unpaired) electrons. The summed E-state index contributed by atoms with van der Waals surface area (Å²) in [5, 5.41) is 9.48. The molecule has 1 N–H and O–H groups in total. The number of carbonyl (C=O) groups excluding carboxylic acids is 2. The number of carboxylic acids is 1. The zero-order chi connectivity index (χ0) is 24.1. The summed E-state index contributed by atoms with van der Waals surface area (Å²) in [4.78, 5) is 38.9. The van der Waals surface area contributed by atoms with Crippen molar-refractivity contribution in [1.29, 1.82) is 0 Å². The van der Waals surface area contributed by atoms with Crippen LogP contribution in [0.1, 0.15) is 56.8 Å². The predicted molar refractivity (Wildman–Crippen MR) is 131 cm³/mol. The topological polar surface area (TPSA) is 79.6 Å². The number of hydrogen-bond acceptors (Lipinski definition) is 3. The van der Waals surface area contributed by atoms with Crippen molar-refractivity contribution in [3.63, 3.8) is 0 Å². The monoisotopic (exact) mass is 456 g/mol. The van der Waals surface area contributed by atoms with Crippen molar-refractivity contribution in [3.05, 3.63) is 101 Å². The van der Waals surface area contributed by atoms with Gasteiger partial charge >= 0.3 is 5.97 Å². The Bertz CT molecular complexity index is 1220. The van der Waals surface area contributed by atoms with Crippen LogP contribution in [0.4, 0.5) is 0 Å². The largest absolute Gasteiger partial charge is 0.480 e. The molecule has 4 rings (SSSR count). The van der Waals surface area contributed by atoms with Crippen LogP contribution in [0.3, 0.4) is 0 Å². The molecule has 1 aliphatic rings.